The summed E-state index contributed by atoms with van der Waals surface area (Å²) in [5, 5.41) is 0.512. The zero-order valence-electron chi connectivity index (χ0n) is 20.7. The van der Waals surface area contributed by atoms with E-state index in [0.29, 0.717) is 11.8 Å². The summed E-state index contributed by atoms with van der Waals surface area (Å²) in [6.07, 6.45) is 5.77. The van der Waals surface area contributed by atoms with Gasteiger partial charge in [0.1, 0.15) is 0 Å². The maximum atomic E-state index is 6.79. The van der Waals surface area contributed by atoms with E-state index in [9.17, 15) is 0 Å². The Hall–Kier alpha value is 0.0938. The van der Waals surface area contributed by atoms with Gasteiger partial charge in [-0.2, -0.15) is 0 Å². The zero-order chi connectivity index (χ0) is 21.7. The van der Waals surface area contributed by atoms with Crippen LogP contribution in [0.3, 0.4) is 0 Å². The summed E-state index contributed by atoms with van der Waals surface area (Å²) in [7, 11) is -3.45. The molecule has 0 fully saturated rings. The molecule has 0 saturated heterocycles. The van der Waals surface area contributed by atoms with Crippen molar-refractivity contribution in [2.75, 3.05) is 6.61 Å². The molecule has 162 valence electrons. The molecule has 0 aromatic heterocycles. The SMILES string of the molecule is C=C[C@H](C)[C@H](CC[C@@H](CC)CO[Si](C)(C)C(C)(C)C)O[Si](C)(C)C(C)(C)C. The van der Waals surface area contributed by atoms with Crippen molar-refractivity contribution in [1.29, 1.82) is 0 Å². The first-order chi connectivity index (χ1) is 12.0. The molecule has 0 aromatic rings. The molecule has 0 radical (unpaired) electrons. The monoisotopic (exact) mass is 414 g/mol. The third kappa shape index (κ3) is 8.55. The van der Waals surface area contributed by atoms with E-state index >= 15 is 0 Å². The van der Waals surface area contributed by atoms with Gasteiger partial charge in [0.25, 0.3) is 0 Å². The molecular weight excluding hydrogens is 364 g/mol. The zero-order valence-corrected chi connectivity index (χ0v) is 22.7. The summed E-state index contributed by atoms with van der Waals surface area (Å²) in [5.74, 6) is 1.000. The highest BCUT2D eigenvalue weighted by Crippen LogP contribution is 2.39. The molecule has 0 aliphatic heterocycles. The molecule has 0 aliphatic carbocycles. The standard InChI is InChI=1S/C23H50O2Si2/c1-14-19(3)21(25-27(12,13)23(7,8)9)17-16-20(15-2)18-24-26(10,11)22(4,5)6/h14,19-21H,1,15-18H2,2-13H3/t19-,20+,21-/m0/s1. The Morgan fingerprint density at radius 3 is 1.74 bits per heavy atom. The van der Waals surface area contributed by atoms with E-state index in [4.69, 9.17) is 8.85 Å². The minimum absolute atomic E-state index is 0.238. The van der Waals surface area contributed by atoms with Gasteiger partial charge in [-0.3, -0.25) is 0 Å². The summed E-state index contributed by atoms with van der Waals surface area (Å²) in [4.78, 5) is 0. The molecule has 0 unspecified atom stereocenters. The van der Waals surface area contributed by atoms with Crippen LogP contribution in [0.5, 0.6) is 0 Å². The van der Waals surface area contributed by atoms with Crippen LogP contribution in [0.4, 0.5) is 0 Å². The van der Waals surface area contributed by atoms with Crippen molar-refractivity contribution in [1.82, 2.24) is 0 Å². The van der Waals surface area contributed by atoms with Gasteiger partial charge in [0.15, 0.2) is 16.6 Å². The highest BCUT2D eigenvalue weighted by atomic mass is 28.4. The number of hydrogen-bond donors (Lipinski definition) is 0. The van der Waals surface area contributed by atoms with E-state index in [-0.39, 0.29) is 16.2 Å². The second kappa shape index (κ2) is 10.2. The summed E-state index contributed by atoms with van der Waals surface area (Å²) in [5.41, 5.74) is 0. The van der Waals surface area contributed by atoms with Crippen molar-refractivity contribution in [3.8, 4) is 0 Å². The molecule has 27 heavy (non-hydrogen) atoms. The predicted octanol–water partition coefficient (Wildman–Crippen LogP) is 8.03. The van der Waals surface area contributed by atoms with Crippen LogP contribution in [0.2, 0.25) is 36.3 Å². The molecule has 0 heterocycles. The molecule has 0 N–H and O–H groups in total. The summed E-state index contributed by atoms with van der Waals surface area (Å²) < 4.78 is 13.3. The molecule has 4 heteroatoms. The Morgan fingerprint density at radius 2 is 1.37 bits per heavy atom. The first kappa shape index (κ1) is 27.1. The van der Waals surface area contributed by atoms with E-state index in [2.05, 4.69) is 94.2 Å². The van der Waals surface area contributed by atoms with E-state index in [1.165, 1.54) is 12.8 Å². The van der Waals surface area contributed by atoms with Gasteiger partial charge in [-0.05, 0) is 60.9 Å². The van der Waals surface area contributed by atoms with Gasteiger partial charge in [0.05, 0.1) is 6.10 Å². The first-order valence-electron chi connectivity index (χ1n) is 10.9. The summed E-state index contributed by atoms with van der Waals surface area (Å²) >= 11 is 0. The molecular formula is C23H50O2Si2. The van der Waals surface area contributed by atoms with Gasteiger partial charge in [-0.1, -0.05) is 67.9 Å². The molecule has 0 amide bonds. The third-order valence-corrected chi connectivity index (χ3v) is 16.1. The molecule has 0 saturated carbocycles. The van der Waals surface area contributed by atoms with Gasteiger partial charge in [0.2, 0.25) is 0 Å². The highest BCUT2D eigenvalue weighted by molar-refractivity contribution is 6.74. The van der Waals surface area contributed by atoms with Crippen molar-refractivity contribution >= 4 is 16.6 Å². The van der Waals surface area contributed by atoms with Gasteiger partial charge < -0.3 is 8.85 Å². The van der Waals surface area contributed by atoms with Crippen molar-refractivity contribution < 1.29 is 8.85 Å². The lowest BCUT2D eigenvalue weighted by Gasteiger charge is -2.41. The van der Waals surface area contributed by atoms with Crippen molar-refractivity contribution in [2.45, 2.75) is 117 Å². The van der Waals surface area contributed by atoms with Crippen LogP contribution < -0.4 is 0 Å². The normalized spacial score (nSPS) is 17.5. The largest absolute Gasteiger partial charge is 0.417 e. The fourth-order valence-electron chi connectivity index (χ4n) is 2.48. The smallest absolute Gasteiger partial charge is 0.192 e. The molecule has 0 bridgehead atoms. The molecule has 2 nitrogen and oxygen atoms in total. The molecule has 3 atom stereocenters. The second-order valence-electron chi connectivity index (χ2n) is 11.4. The average Bonchev–Trinajstić information content (AvgIpc) is 2.50. The van der Waals surface area contributed by atoms with Gasteiger partial charge in [-0.15, -0.1) is 6.58 Å². The summed E-state index contributed by atoms with van der Waals surface area (Å²) in [6.45, 7) is 32.8. The topological polar surface area (TPSA) is 18.5 Å². The van der Waals surface area contributed by atoms with Crippen LogP contribution in [0.15, 0.2) is 12.7 Å². The van der Waals surface area contributed by atoms with E-state index in [1.54, 1.807) is 0 Å². The van der Waals surface area contributed by atoms with Gasteiger partial charge in [0, 0.05) is 6.61 Å². The first-order valence-corrected chi connectivity index (χ1v) is 16.7. The predicted molar refractivity (Wildman–Crippen MR) is 128 cm³/mol. The van der Waals surface area contributed by atoms with Gasteiger partial charge >= 0.3 is 0 Å². The van der Waals surface area contributed by atoms with E-state index in [0.717, 1.165) is 13.0 Å². The lowest BCUT2D eigenvalue weighted by Crippen LogP contribution is -2.45. The minimum Gasteiger partial charge on any atom is -0.417 e. The van der Waals surface area contributed by atoms with Gasteiger partial charge in [-0.25, -0.2) is 0 Å². The van der Waals surface area contributed by atoms with Crippen LogP contribution in [0.25, 0.3) is 0 Å². The quantitative estimate of drug-likeness (QED) is 0.251. The average molecular weight is 415 g/mol. The molecule has 0 spiro atoms. The van der Waals surface area contributed by atoms with Crippen LogP contribution in [-0.4, -0.2) is 29.3 Å². The van der Waals surface area contributed by atoms with Crippen LogP contribution in [0.1, 0.15) is 74.7 Å². The van der Waals surface area contributed by atoms with Crippen molar-refractivity contribution in [2.24, 2.45) is 11.8 Å². The Morgan fingerprint density at radius 1 is 0.889 bits per heavy atom. The summed E-state index contributed by atoms with van der Waals surface area (Å²) in [6, 6.07) is 0. The molecule has 0 rings (SSSR count). The minimum atomic E-state index is -1.77. The third-order valence-electron chi connectivity index (χ3n) is 7.13. The van der Waals surface area contributed by atoms with Crippen LogP contribution in [0, 0.1) is 11.8 Å². The fourth-order valence-corrected chi connectivity index (χ4v) is 5.01. The maximum absolute atomic E-state index is 6.79. The van der Waals surface area contributed by atoms with E-state index in [1.807, 2.05) is 0 Å². The van der Waals surface area contributed by atoms with Crippen molar-refractivity contribution in [3.05, 3.63) is 12.7 Å². The van der Waals surface area contributed by atoms with Crippen LogP contribution in [-0.2, 0) is 8.85 Å². The van der Waals surface area contributed by atoms with Crippen molar-refractivity contribution in [3.63, 3.8) is 0 Å². The Kier molecular flexibility index (Phi) is 10.3. The number of rotatable bonds is 11. The lowest BCUT2D eigenvalue weighted by atomic mass is 9.94. The Bertz CT molecular complexity index is 444. The number of hydrogen-bond acceptors (Lipinski definition) is 2. The second-order valence-corrected chi connectivity index (χ2v) is 21.0. The molecule has 0 aromatic carbocycles. The fraction of sp³-hybridized carbons (Fsp3) is 0.913. The molecule has 0 aliphatic rings. The van der Waals surface area contributed by atoms with E-state index < -0.39 is 16.6 Å². The lowest BCUT2D eigenvalue weighted by molar-refractivity contribution is 0.119. The highest BCUT2D eigenvalue weighted by Gasteiger charge is 2.40. The van der Waals surface area contributed by atoms with Crippen LogP contribution >= 0.6 is 0 Å². The maximum Gasteiger partial charge on any atom is 0.192 e. The Labute approximate surface area is 173 Å². The Balaban J connectivity index is 4.96.